The number of hydrogen-bond donors (Lipinski definition) is 0. The maximum Gasteiger partial charge on any atom is 0.192 e. The highest BCUT2D eigenvalue weighted by Crippen LogP contribution is 2.28. The number of hydrogen-bond acceptors (Lipinski definition) is 2. The Morgan fingerprint density at radius 1 is 1.19 bits per heavy atom. The third-order valence-electron chi connectivity index (χ3n) is 3.46. The van der Waals surface area contributed by atoms with Gasteiger partial charge >= 0.3 is 0 Å². The van der Waals surface area contributed by atoms with E-state index in [1.807, 2.05) is 24.4 Å². The maximum absolute atomic E-state index is 6.35. The van der Waals surface area contributed by atoms with Crippen LogP contribution in [0.25, 0.3) is 0 Å². The van der Waals surface area contributed by atoms with Crippen LogP contribution in [0.3, 0.4) is 0 Å². The second-order valence-electron chi connectivity index (χ2n) is 4.26. The Labute approximate surface area is 100 Å². The molecule has 0 saturated heterocycles. The highest BCUT2D eigenvalue weighted by Gasteiger charge is 2.31. The molecule has 1 heterocycles. The van der Waals surface area contributed by atoms with Gasteiger partial charge in [-0.3, -0.25) is 4.98 Å². The van der Waals surface area contributed by atoms with Crippen LogP contribution in [-0.2, 0) is 4.43 Å². The van der Waals surface area contributed by atoms with Crippen molar-refractivity contribution in [2.75, 3.05) is 0 Å². The molecule has 0 aliphatic carbocycles. The monoisotopic (exact) mass is 237 g/mol. The summed E-state index contributed by atoms with van der Waals surface area (Å²) < 4.78 is 6.35. The lowest BCUT2D eigenvalue weighted by atomic mass is 10.2. The van der Waals surface area contributed by atoms with Gasteiger partial charge in [0.15, 0.2) is 8.32 Å². The molecular formula is C13H23NOSi. The van der Waals surface area contributed by atoms with E-state index in [0.29, 0.717) is 0 Å². The van der Waals surface area contributed by atoms with Gasteiger partial charge in [0.05, 0.1) is 11.8 Å². The van der Waals surface area contributed by atoms with Crippen LogP contribution in [0.4, 0.5) is 0 Å². The van der Waals surface area contributed by atoms with Crippen LogP contribution in [0.5, 0.6) is 0 Å². The molecule has 1 rings (SSSR count). The van der Waals surface area contributed by atoms with Crippen molar-refractivity contribution >= 4 is 8.32 Å². The van der Waals surface area contributed by atoms with Crippen LogP contribution < -0.4 is 0 Å². The van der Waals surface area contributed by atoms with Crippen molar-refractivity contribution in [2.24, 2.45) is 0 Å². The average molecular weight is 237 g/mol. The molecular weight excluding hydrogens is 214 g/mol. The topological polar surface area (TPSA) is 22.1 Å². The molecule has 16 heavy (non-hydrogen) atoms. The molecule has 1 unspecified atom stereocenters. The largest absolute Gasteiger partial charge is 0.409 e. The van der Waals surface area contributed by atoms with Crippen LogP contribution in [0, 0.1) is 0 Å². The molecule has 0 bridgehead atoms. The predicted octanol–water partition coefficient (Wildman–Crippen LogP) is 4.16. The van der Waals surface area contributed by atoms with Gasteiger partial charge in [-0.1, -0.05) is 26.8 Å². The molecule has 0 aliphatic heterocycles. The molecule has 0 aromatic carbocycles. The minimum atomic E-state index is -1.50. The van der Waals surface area contributed by atoms with Crippen molar-refractivity contribution in [1.29, 1.82) is 0 Å². The summed E-state index contributed by atoms with van der Waals surface area (Å²) in [4.78, 5) is 4.36. The van der Waals surface area contributed by atoms with E-state index in [2.05, 4.69) is 32.7 Å². The molecule has 0 aliphatic rings. The highest BCUT2D eigenvalue weighted by atomic mass is 28.4. The second kappa shape index (κ2) is 6.16. The van der Waals surface area contributed by atoms with Crippen LogP contribution in [0.2, 0.25) is 18.1 Å². The van der Waals surface area contributed by atoms with Crippen molar-refractivity contribution in [1.82, 2.24) is 4.98 Å². The number of rotatable bonds is 6. The van der Waals surface area contributed by atoms with Gasteiger partial charge in [0, 0.05) is 6.20 Å². The van der Waals surface area contributed by atoms with Crippen molar-refractivity contribution in [3.05, 3.63) is 30.1 Å². The molecule has 1 atom stereocenters. The van der Waals surface area contributed by atoms with Gasteiger partial charge in [-0.15, -0.1) is 0 Å². The van der Waals surface area contributed by atoms with Gasteiger partial charge in [-0.2, -0.15) is 0 Å². The molecule has 2 nitrogen and oxygen atoms in total. The molecule has 0 amide bonds. The summed E-state index contributed by atoms with van der Waals surface area (Å²) in [7, 11) is -1.50. The van der Waals surface area contributed by atoms with Gasteiger partial charge in [-0.25, -0.2) is 0 Å². The third kappa shape index (κ3) is 3.16. The summed E-state index contributed by atoms with van der Waals surface area (Å²) in [6.45, 7) is 8.88. The van der Waals surface area contributed by atoms with E-state index in [9.17, 15) is 0 Å². The Hall–Kier alpha value is -0.673. The summed E-state index contributed by atoms with van der Waals surface area (Å²) in [5.74, 6) is 0. The fraction of sp³-hybridized carbons (Fsp3) is 0.615. The highest BCUT2D eigenvalue weighted by molar-refractivity contribution is 6.73. The van der Waals surface area contributed by atoms with Crippen molar-refractivity contribution in [3.8, 4) is 0 Å². The summed E-state index contributed by atoms with van der Waals surface area (Å²) in [5.41, 5.74) is 1.05. The fourth-order valence-electron chi connectivity index (χ4n) is 2.05. The van der Waals surface area contributed by atoms with Gasteiger partial charge in [-0.05, 0) is 37.2 Å². The van der Waals surface area contributed by atoms with Crippen molar-refractivity contribution in [3.63, 3.8) is 0 Å². The smallest absolute Gasteiger partial charge is 0.192 e. The maximum atomic E-state index is 6.35. The first-order valence-corrected chi connectivity index (χ1v) is 8.79. The van der Waals surface area contributed by atoms with Gasteiger partial charge < -0.3 is 4.43 Å². The standard InChI is InChI=1S/C13H23NOSi/c1-5-16(6-2,7-3)15-12(4)13-10-8-9-11-14-13/h8-12H,5-7H2,1-4H3. The number of aromatic nitrogens is 1. The van der Waals surface area contributed by atoms with Gasteiger partial charge in [0.2, 0.25) is 0 Å². The Kier molecular flexibility index (Phi) is 5.15. The van der Waals surface area contributed by atoms with E-state index in [1.54, 1.807) is 0 Å². The van der Waals surface area contributed by atoms with Crippen LogP contribution in [-0.4, -0.2) is 13.3 Å². The van der Waals surface area contributed by atoms with E-state index < -0.39 is 8.32 Å². The molecule has 0 saturated carbocycles. The second-order valence-corrected chi connectivity index (χ2v) is 8.98. The summed E-state index contributed by atoms with van der Waals surface area (Å²) in [5, 5.41) is 0. The molecule has 3 heteroatoms. The Balaban J connectivity index is 2.73. The molecule has 90 valence electrons. The summed E-state index contributed by atoms with van der Waals surface area (Å²) >= 11 is 0. The van der Waals surface area contributed by atoms with Gasteiger partial charge in [0.25, 0.3) is 0 Å². The van der Waals surface area contributed by atoms with E-state index in [-0.39, 0.29) is 6.10 Å². The quantitative estimate of drug-likeness (QED) is 0.693. The number of nitrogens with zero attached hydrogens (tertiary/aromatic N) is 1. The first-order valence-electron chi connectivity index (χ1n) is 6.26. The first-order chi connectivity index (χ1) is 7.67. The molecule has 1 aromatic rings. The fourth-order valence-corrected chi connectivity index (χ4v) is 4.92. The molecule has 0 spiro atoms. The zero-order valence-corrected chi connectivity index (χ0v) is 11.9. The molecule has 1 aromatic heterocycles. The van der Waals surface area contributed by atoms with Crippen molar-refractivity contribution in [2.45, 2.75) is 51.9 Å². The minimum absolute atomic E-state index is 0.132. The minimum Gasteiger partial charge on any atom is -0.409 e. The SMILES string of the molecule is CC[Si](CC)(CC)OC(C)c1ccccn1. The van der Waals surface area contributed by atoms with E-state index >= 15 is 0 Å². The van der Waals surface area contributed by atoms with Crippen molar-refractivity contribution < 1.29 is 4.43 Å². The summed E-state index contributed by atoms with van der Waals surface area (Å²) in [6, 6.07) is 9.59. The normalized spacial score (nSPS) is 13.8. The first kappa shape index (κ1) is 13.4. The van der Waals surface area contributed by atoms with Gasteiger partial charge in [0.1, 0.15) is 0 Å². The number of pyridine rings is 1. The molecule has 0 radical (unpaired) electrons. The van der Waals surface area contributed by atoms with E-state index in [1.165, 1.54) is 18.1 Å². The summed E-state index contributed by atoms with van der Waals surface area (Å²) in [6.07, 6.45) is 1.97. The predicted molar refractivity (Wildman–Crippen MR) is 70.9 cm³/mol. The zero-order chi connectivity index (χ0) is 12.0. The average Bonchev–Trinajstić information content (AvgIpc) is 2.37. The zero-order valence-electron chi connectivity index (χ0n) is 10.9. The Morgan fingerprint density at radius 3 is 2.25 bits per heavy atom. The van der Waals surface area contributed by atoms with E-state index in [0.717, 1.165) is 5.69 Å². The molecule has 0 fully saturated rings. The third-order valence-corrected chi connectivity index (χ3v) is 8.18. The lowest BCUT2D eigenvalue weighted by Gasteiger charge is -2.31. The van der Waals surface area contributed by atoms with Crippen LogP contribution >= 0.6 is 0 Å². The van der Waals surface area contributed by atoms with Crippen LogP contribution in [0.1, 0.15) is 39.5 Å². The van der Waals surface area contributed by atoms with E-state index in [4.69, 9.17) is 4.43 Å². The lowest BCUT2D eigenvalue weighted by molar-refractivity contribution is 0.205. The molecule has 0 N–H and O–H groups in total. The Morgan fingerprint density at radius 2 is 1.81 bits per heavy atom. The Bertz CT molecular complexity index is 290. The lowest BCUT2D eigenvalue weighted by Crippen LogP contribution is -2.36. The van der Waals surface area contributed by atoms with Crippen LogP contribution in [0.15, 0.2) is 24.4 Å².